The standard InChI is InChI=1S/C67H127NO5/c1-3-5-7-9-11-13-15-17-18-19-20-21-22-24-27-30-33-36-39-43-47-51-55-59-65(70)64(63-69)68-66(71)60-56-52-48-44-40-37-34-31-28-25-23-26-29-32-35-38-42-46-50-54-58-62-73-67(72)61-57-53-49-45-41-16-14-12-10-8-6-4-2/h12,14,25,28,55,59,64-65,69-70H,3-11,13,15-24,26-27,29-54,56-58,60-63H2,1-2H3,(H,68,71)/b14-12-,28-25-,59-55+. The Hall–Kier alpha value is -1.92. The summed E-state index contributed by atoms with van der Waals surface area (Å²) in [6, 6.07) is -0.635. The third-order valence-electron chi connectivity index (χ3n) is 15.1. The molecule has 0 rings (SSSR count). The monoisotopic (exact) mass is 1030 g/mol. The van der Waals surface area contributed by atoms with Gasteiger partial charge in [-0.1, -0.05) is 294 Å². The normalized spacial score (nSPS) is 12.8. The lowest BCUT2D eigenvalue weighted by molar-refractivity contribution is -0.143. The summed E-state index contributed by atoms with van der Waals surface area (Å²) in [6.45, 7) is 4.89. The molecular weight excluding hydrogens is 899 g/mol. The molecule has 0 saturated carbocycles. The van der Waals surface area contributed by atoms with E-state index in [0.717, 1.165) is 51.4 Å². The van der Waals surface area contributed by atoms with E-state index in [2.05, 4.69) is 43.5 Å². The number of hydrogen-bond acceptors (Lipinski definition) is 5. The molecule has 0 bridgehead atoms. The van der Waals surface area contributed by atoms with Gasteiger partial charge >= 0.3 is 5.97 Å². The predicted molar refractivity (Wildman–Crippen MR) is 319 cm³/mol. The van der Waals surface area contributed by atoms with Crippen molar-refractivity contribution in [2.24, 2.45) is 0 Å². The quantitative estimate of drug-likeness (QED) is 0.0320. The third-order valence-corrected chi connectivity index (χ3v) is 15.1. The fraction of sp³-hybridized carbons (Fsp3) is 0.881. The fourth-order valence-electron chi connectivity index (χ4n) is 10.1. The number of esters is 1. The maximum Gasteiger partial charge on any atom is 0.305 e. The molecule has 0 spiro atoms. The first kappa shape index (κ1) is 71.1. The Balaban J connectivity index is 3.46. The van der Waals surface area contributed by atoms with Crippen molar-refractivity contribution in [3.05, 3.63) is 36.5 Å². The Kier molecular flexibility index (Phi) is 61.0. The molecule has 0 aliphatic rings. The predicted octanol–water partition coefficient (Wildman–Crippen LogP) is 20.8. The molecule has 0 aromatic rings. The Labute approximate surface area is 455 Å². The highest BCUT2D eigenvalue weighted by Crippen LogP contribution is 2.18. The Morgan fingerprint density at radius 2 is 0.644 bits per heavy atom. The molecule has 430 valence electrons. The molecule has 2 unspecified atom stereocenters. The molecule has 2 atom stereocenters. The molecule has 0 heterocycles. The van der Waals surface area contributed by atoms with Gasteiger partial charge in [0.15, 0.2) is 0 Å². The molecule has 0 saturated heterocycles. The van der Waals surface area contributed by atoms with Gasteiger partial charge in [-0.2, -0.15) is 0 Å². The van der Waals surface area contributed by atoms with E-state index in [-0.39, 0.29) is 18.5 Å². The Morgan fingerprint density at radius 1 is 0.370 bits per heavy atom. The van der Waals surface area contributed by atoms with Crippen LogP contribution in [-0.4, -0.2) is 47.4 Å². The second-order valence-electron chi connectivity index (χ2n) is 22.4. The van der Waals surface area contributed by atoms with Gasteiger partial charge in [0.25, 0.3) is 0 Å². The fourth-order valence-corrected chi connectivity index (χ4v) is 10.1. The summed E-state index contributed by atoms with van der Waals surface area (Å²) in [5.74, 6) is -0.0750. The second-order valence-corrected chi connectivity index (χ2v) is 22.4. The highest BCUT2D eigenvalue weighted by Gasteiger charge is 2.18. The molecule has 0 aromatic heterocycles. The molecule has 0 aromatic carbocycles. The number of hydrogen-bond donors (Lipinski definition) is 3. The maximum atomic E-state index is 12.5. The van der Waals surface area contributed by atoms with Crippen molar-refractivity contribution in [1.82, 2.24) is 5.32 Å². The van der Waals surface area contributed by atoms with Crippen molar-refractivity contribution in [3.8, 4) is 0 Å². The van der Waals surface area contributed by atoms with Gasteiger partial charge < -0.3 is 20.3 Å². The van der Waals surface area contributed by atoms with Crippen LogP contribution in [0.5, 0.6) is 0 Å². The average Bonchev–Trinajstić information content (AvgIpc) is 3.39. The van der Waals surface area contributed by atoms with Crippen LogP contribution in [0.25, 0.3) is 0 Å². The zero-order chi connectivity index (χ0) is 52.9. The van der Waals surface area contributed by atoms with Crippen molar-refractivity contribution >= 4 is 11.9 Å². The van der Waals surface area contributed by atoms with Crippen LogP contribution < -0.4 is 5.32 Å². The van der Waals surface area contributed by atoms with Gasteiger partial charge in [0.05, 0.1) is 25.4 Å². The average molecular weight is 1030 g/mol. The van der Waals surface area contributed by atoms with Gasteiger partial charge in [0.1, 0.15) is 0 Å². The molecule has 3 N–H and O–H groups in total. The largest absolute Gasteiger partial charge is 0.466 e. The highest BCUT2D eigenvalue weighted by atomic mass is 16.5. The van der Waals surface area contributed by atoms with E-state index >= 15 is 0 Å². The lowest BCUT2D eigenvalue weighted by atomic mass is 10.0. The summed E-state index contributed by atoms with van der Waals surface area (Å²) in [4.78, 5) is 24.5. The van der Waals surface area contributed by atoms with Crippen LogP contribution in [0.3, 0.4) is 0 Å². The van der Waals surface area contributed by atoms with E-state index in [1.54, 1.807) is 6.08 Å². The van der Waals surface area contributed by atoms with Gasteiger partial charge in [-0.05, 0) is 83.5 Å². The number of carbonyl (C=O) groups is 2. The molecule has 1 amide bonds. The van der Waals surface area contributed by atoms with Crippen molar-refractivity contribution in [2.45, 2.75) is 366 Å². The summed E-state index contributed by atoms with van der Waals surface area (Å²) in [5.41, 5.74) is 0. The van der Waals surface area contributed by atoms with Crippen molar-refractivity contribution in [2.75, 3.05) is 13.2 Å². The molecule has 73 heavy (non-hydrogen) atoms. The van der Waals surface area contributed by atoms with Crippen LogP contribution in [0.15, 0.2) is 36.5 Å². The van der Waals surface area contributed by atoms with E-state index in [9.17, 15) is 19.8 Å². The Bertz CT molecular complexity index is 1180. The van der Waals surface area contributed by atoms with Crippen LogP contribution in [0.1, 0.15) is 354 Å². The van der Waals surface area contributed by atoms with Gasteiger partial charge in [-0.15, -0.1) is 0 Å². The first-order valence-electron chi connectivity index (χ1n) is 32.8. The summed E-state index contributed by atoms with van der Waals surface area (Å²) < 4.78 is 5.46. The molecule has 0 fully saturated rings. The SMILES string of the molecule is CCCCC/C=C\CCCCCCCC(=O)OCCCCCCCCCCCC/C=C\CCCCCCCCCC(=O)NC(CO)C(O)/C=C/CCCCCCCCCCCCCCCCCCCCCCC. The van der Waals surface area contributed by atoms with E-state index in [4.69, 9.17) is 4.74 Å². The van der Waals surface area contributed by atoms with E-state index in [0.29, 0.717) is 19.4 Å². The number of aliphatic hydroxyl groups is 2. The highest BCUT2D eigenvalue weighted by molar-refractivity contribution is 5.76. The molecule has 0 aliphatic carbocycles. The molecule has 0 radical (unpaired) electrons. The van der Waals surface area contributed by atoms with Crippen LogP contribution in [0, 0.1) is 0 Å². The first-order chi connectivity index (χ1) is 36.0. The molecule has 6 heteroatoms. The van der Waals surface area contributed by atoms with E-state index in [1.807, 2.05) is 6.08 Å². The van der Waals surface area contributed by atoms with Crippen molar-refractivity contribution in [3.63, 3.8) is 0 Å². The number of unbranched alkanes of at least 4 members (excludes halogenated alkanes) is 46. The molecule has 0 aliphatic heterocycles. The maximum absolute atomic E-state index is 12.5. The zero-order valence-corrected chi connectivity index (χ0v) is 49.1. The van der Waals surface area contributed by atoms with E-state index in [1.165, 1.54) is 276 Å². The van der Waals surface area contributed by atoms with Gasteiger partial charge in [-0.25, -0.2) is 0 Å². The molecule has 6 nitrogen and oxygen atoms in total. The van der Waals surface area contributed by atoms with E-state index < -0.39 is 12.1 Å². The minimum atomic E-state index is -0.851. The van der Waals surface area contributed by atoms with Gasteiger partial charge in [-0.3, -0.25) is 9.59 Å². The number of allylic oxidation sites excluding steroid dienone is 5. The lowest BCUT2D eigenvalue weighted by Gasteiger charge is -2.20. The third kappa shape index (κ3) is 59.2. The lowest BCUT2D eigenvalue weighted by Crippen LogP contribution is -2.45. The smallest absolute Gasteiger partial charge is 0.305 e. The van der Waals surface area contributed by atoms with Crippen LogP contribution >= 0.6 is 0 Å². The minimum absolute atomic E-state index is 0.00227. The summed E-state index contributed by atoms with van der Waals surface area (Å²) in [7, 11) is 0. The van der Waals surface area contributed by atoms with Crippen molar-refractivity contribution in [1.29, 1.82) is 0 Å². The topological polar surface area (TPSA) is 95.9 Å². The molecular formula is C67H127NO5. The zero-order valence-electron chi connectivity index (χ0n) is 49.1. The van der Waals surface area contributed by atoms with Crippen LogP contribution in [0.2, 0.25) is 0 Å². The van der Waals surface area contributed by atoms with Crippen molar-refractivity contribution < 1.29 is 24.5 Å². The number of amides is 1. The minimum Gasteiger partial charge on any atom is -0.466 e. The number of carbonyl (C=O) groups excluding carboxylic acids is 2. The van der Waals surface area contributed by atoms with Gasteiger partial charge in [0.2, 0.25) is 5.91 Å². The number of rotatable bonds is 61. The number of aliphatic hydroxyl groups excluding tert-OH is 2. The number of ether oxygens (including phenoxy) is 1. The number of nitrogens with one attached hydrogen (secondary N) is 1. The van der Waals surface area contributed by atoms with Crippen LogP contribution in [-0.2, 0) is 14.3 Å². The van der Waals surface area contributed by atoms with Gasteiger partial charge in [0, 0.05) is 12.8 Å². The summed E-state index contributed by atoms with van der Waals surface area (Å²) >= 11 is 0. The first-order valence-corrected chi connectivity index (χ1v) is 32.8. The van der Waals surface area contributed by atoms with Crippen LogP contribution in [0.4, 0.5) is 0 Å². The Morgan fingerprint density at radius 3 is 1.00 bits per heavy atom. The summed E-state index contributed by atoms with van der Waals surface area (Å²) in [6.07, 6.45) is 79.1. The summed E-state index contributed by atoms with van der Waals surface area (Å²) in [5, 5.41) is 23.2. The second kappa shape index (κ2) is 62.6.